The zero-order valence-electron chi connectivity index (χ0n) is 19.9. The molecule has 0 amide bonds. The average molecular weight is 559 g/mol. The monoisotopic (exact) mass is 558 g/mol. The molecular formula is C24H26Cl2F6N2O2. The number of nitrogens with one attached hydrogen (secondary N) is 1. The number of benzene rings is 2. The maximum Gasteiger partial charge on any atom is 0.435 e. The maximum absolute atomic E-state index is 14.1. The summed E-state index contributed by atoms with van der Waals surface area (Å²) in [5.41, 5.74) is -5.88. The number of nitrogens with zero attached hydrogens (tertiary/aromatic N) is 1. The van der Waals surface area contributed by atoms with E-state index in [1.165, 1.54) is 12.1 Å². The largest absolute Gasteiger partial charge is 0.435 e. The maximum atomic E-state index is 14.1. The minimum absolute atomic E-state index is 0.118. The lowest BCUT2D eigenvalue weighted by molar-refractivity contribution is -0.276. The van der Waals surface area contributed by atoms with Gasteiger partial charge in [-0.3, -0.25) is 0 Å². The van der Waals surface area contributed by atoms with E-state index in [4.69, 9.17) is 28.0 Å². The van der Waals surface area contributed by atoms with Crippen molar-refractivity contribution in [2.45, 2.75) is 57.7 Å². The van der Waals surface area contributed by atoms with Gasteiger partial charge in [-0.1, -0.05) is 80.3 Å². The molecule has 1 unspecified atom stereocenters. The summed E-state index contributed by atoms with van der Waals surface area (Å²) in [5.74, 6) is 0. The first-order chi connectivity index (χ1) is 16.8. The molecule has 1 fully saturated rings. The van der Waals surface area contributed by atoms with Crippen LogP contribution in [-0.2, 0) is 22.2 Å². The molecule has 36 heavy (non-hydrogen) atoms. The average Bonchev–Trinajstić information content (AvgIpc) is 3.28. The van der Waals surface area contributed by atoms with Gasteiger partial charge in [-0.25, -0.2) is 0 Å². The minimum atomic E-state index is -5.12. The zero-order valence-corrected chi connectivity index (χ0v) is 21.4. The van der Waals surface area contributed by atoms with Crippen molar-refractivity contribution in [2.24, 2.45) is 5.16 Å². The Labute approximate surface area is 215 Å². The summed E-state index contributed by atoms with van der Waals surface area (Å²) < 4.78 is 82.3. The molecule has 4 rings (SSSR count). The fraction of sp³-hybridized carbons (Fsp3) is 0.458. The molecule has 2 aliphatic rings. The van der Waals surface area contributed by atoms with E-state index >= 15 is 0 Å². The van der Waals surface area contributed by atoms with E-state index in [1.54, 1.807) is 12.1 Å². The van der Waals surface area contributed by atoms with Crippen molar-refractivity contribution in [2.75, 3.05) is 13.1 Å². The summed E-state index contributed by atoms with van der Waals surface area (Å²) in [6, 6.07) is 7.02. The van der Waals surface area contributed by atoms with Gasteiger partial charge >= 0.3 is 12.4 Å². The molecule has 4 nitrogen and oxygen atoms in total. The molecule has 1 saturated heterocycles. The Kier molecular flexibility index (Phi) is 9.37. The van der Waals surface area contributed by atoms with E-state index in [2.05, 4.69) is 10.5 Å². The highest BCUT2D eigenvalue weighted by molar-refractivity contribution is 6.42. The number of rotatable bonds is 3. The molecule has 2 aromatic carbocycles. The van der Waals surface area contributed by atoms with Crippen molar-refractivity contribution in [3.05, 3.63) is 68.7 Å². The second-order valence-electron chi connectivity index (χ2n) is 7.66. The van der Waals surface area contributed by atoms with Crippen LogP contribution in [0.3, 0.4) is 0 Å². The highest BCUT2D eigenvalue weighted by Gasteiger charge is 2.63. The second-order valence-corrected chi connectivity index (χ2v) is 8.45. The molecule has 12 heteroatoms. The summed E-state index contributed by atoms with van der Waals surface area (Å²) in [6.45, 7) is 8.68. The lowest BCUT2D eigenvalue weighted by atomic mass is 9.84. The van der Waals surface area contributed by atoms with Crippen molar-refractivity contribution in [1.82, 2.24) is 5.32 Å². The predicted octanol–water partition coefficient (Wildman–Crippen LogP) is 7.44. The van der Waals surface area contributed by atoms with E-state index in [0.29, 0.717) is 24.7 Å². The van der Waals surface area contributed by atoms with Crippen LogP contribution in [0, 0.1) is 0 Å². The van der Waals surface area contributed by atoms with Crippen molar-refractivity contribution >= 4 is 28.9 Å². The summed E-state index contributed by atoms with van der Waals surface area (Å²) >= 11 is 11.3. The Morgan fingerprint density at radius 1 is 0.917 bits per heavy atom. The van der Waals surface area contributed by atoms with Crippen LogP contribution in [0.15, 0.2) is 41.6 Å². The number of aliphatic hydroxyl groups is 1. The van der Waals surface area contributed by atoms with Gasteiger partial charge in [0.15, 0.2) is 0 Å². The van der Waals surface area contributed by atoms with Crippen LogP contribution in [0.5, 0.6) is 0 Å². The zero-order chi connectivity index (χ0) is 27.5. The summed E-state index contributed by atoms with van der Waals surface area (Å²) in [4.78, 5) is 4.79. The summed E-state index contributed by atoms with van der Waals surface area (Å²) in [5, 5.41) is 15.2. The lowest BCUT2D eigenvalue weighted by Crippen LogP contribution is -2.56. The van der Waals surface area contributed by atoms with Gasteiger partial charge in [0.1, 0.15) is 5.60 Å². The van der Waals surface area contributed by atoms with Crippen LogP contribution < -0.4 is 5.32 Å². The first-order valence-corrected chi connectivity index (χ1v) is 11.9. The van der Waals surface area contributed by atoms with Crippen LogP contribution in [0.1, 0.15) is 56.4 Å². The van der Waals surface area contributed by atoms with Gasteiger partial charge in [0.2, 0.25) is 0 Å². The Morgan fingerprint density at radius 3 is 1.92 bits per heavy atom. The fourth-order valence-electron chi connectivity index (χ4n) is 3.63. The van der Waals surface area contributed by atoms with Gasteiger partial charge in [-0.05, 0) is 23.3 Å². The normalized spacial score (nSPS) is 20.6. The molecule has 2 aliphatic heterocycles. The molecule has 200 valence electrons. The van der Waals surface area contributed by atoms with E-state index in [9.17, 15) is 31.4 Å². The molecule has 0 spiro atoms. The standard InChI is InChI=1S/C20H14Cl2F6N2O2.2C2H6/c21-14-6-12(5-13(16(14)22)19(23,24)25)18(20(26,27)28)7-15(30-32-18)10-1-3-11(4-2-10)17(31)8-29-9-17;2*1-2/h1-6,29,31H,7-9H2;2*1-2H3. The van der Waals surface area contributed by atoms with Crippen LogP contribution in [-0.4, -0.2) is 30.1 Å². The Balaban J connectivity index is 0.00000109. The molecule has 2 heterocycles. The Bertz CT molecular complexity index is 1080. The van der Waals surface area contributed by atoms with Gasteiger partial charge in [0.05, 0.1) is 21.3 Å². The molecule has 2 N–H and O–H groups in total. The summed E-state index contributed by atoms with van der Waals surface area (Å²) in [7, 11) is 0. The SMILES string of the molecule is CC.CC.OC1(c2ccc(C3=NOC(c4cc(Cl)c(Cl)c(C(F)(F)F)c4)(C(F)(F)F)C3)cc2)CNC1. The third-order valence-electron chi connectivity index (χ3n) is 5.58. The van der Waals surface area contributed by atoms with Crippen LogP contribution >= 0.6 is 23.2 Å². The van der Waals surface area contributed by atoms with Crippen LogP contribution in [0.2, 0.25) is 10.0 Å². The Hall–Kier alpha value is -2.01. The third kappa shape index (κ3) is 5.61. The molecule has 0 radical (unpaired) electrons. The quantitative estimate of drug-likeness (QED) is 0.385. The number of hydrogen-bond donors (Lipinski definition) is 2. The number of alkyl halides is 6. The third-order valence-corrected chi connectivity index (χ3v) is 6.38. The predicted molar refractivity (Wildman–Crippen MR) is 127 cm³/mol. The van der Waals surface area contributed by atoms with E-state index in [0.717, 1.165) is 0 Å². The molecule has 0 aliphatic carbocycles. The molecule has 0 bridgehead atoms. The lowest BCUT2D eigenvalue weighted by Gasteiger charge is -2.38. The van der Waals surface area contributed by atoms with Gasteiger partial charge in [0, 0.05) is 25.1 Å². The molecular weight excluding hydrogens is 533 g/mol. The van der Waals surface area contributed by atoms with Gasteiger partial charge < -0.3 is 15.3 Å². The number of oxime groups is 1. The van der Waals surface area contributed by atoms with Crippen LogP contribution in [0.25, 0.3) is 0 Å². The first-order valence-electron chi connectivity index (χ1n) is 11.2. The van der Waals surface area contributed by atoms with Gasteiger partial charge in [-0.2, -0.15) is 26.3 Å². The molecule has 2 aromatic rings. The first kappa shape index (κ1) is 30.2. The topological polar surface area (TPSA) is 53.9 Å². The van der Waals surface area contributed by atoms with E-state index in [-0.39, 0.29) is 17.3 Å². The molecule has 0 aromatic heterocycles. The molecule has 0 saturated carbocycles. The van der Waals surface area contributed by atoms with E-state index < -0.39 is 51.1 Å². The number of β-amino-alcohol motifs (C(OH)–C–C–N with tert-alkyl or cyclic N) is 1. The van der Waals surface area contributed by atoms with Crippen molar-refractivity contribution in [3.63, 3.8) is 0 Å². The van der Waals surface area contributed by atoms with Crippen molar-refractivity contribution < 1.29 is 36.3 Å². The van der Waals surface area contributed by atoms with Crippen LogP contribution in [0.4, 0.5) is 26.3 Å². The smallest absolute Gasteiger partial charge is 0.382 e. The number of halogens is 8. The van der Waals surface area contributed by atoms with Gasteiger partial charge in [-0.15, -0.1) is 0 Å². The van der Waals surface area contributed by atoms with Gasteiger partial charge in [0.25, 0.3) is 5.60 Å². The second kappa shape index (κ2) is 11.2. The number of hydrogen-bond acceptors (Lipinski definition) is 4. The summed E-state index contributed by atoms with van der Waals surface area (Å²) in [6.07, 6.45) is -11.0. The van der Waals surface area contributed by atoms with Crippen molar-refractivity contribution in [3.8, 4) is 0 Å². The minimum Gasteiger partial charge on any atom is -0.382 e. The molecule has 1 atom stereocenters. The Morgan fingerprint density at radius 2 is 1.47 bits per heavy atom. The van der Waals surface area contributed by atoms with Crippen molar-refractivity contribution in [1.29, 1.82) is 0 Å². The highest BCUT2D eigenvalue weighted by atomic mass is 35.5. The fourth-order valence-corrected chi connectivity index (χ4v) is 4.06. The van der Waals surface area contributed by atoms with E-state index in [1.807, 2.05) is 27.7 Å². The highest BCUT2D eigenvalue weighted by Crippen LogP contribution is 2.51.